The van der Waals surface area contributed by atoms with Crippen molar-refractivity contribution in [2.24, 2.45) is 5.14 Å². The molecule has 1 aromatic heterocycles. The zero-order valence-electron chi connectivity index (χ0n) is 15.7. The van der Waals surface area contributed by atoms with Gasteiger partial charge in [0.25, 0.3) is 5.91 Å². The number of benzene rings is 2. The third-order valence-electron chi connectivity index (χ3n) is 5.61. The number of carbonyl (C=O) groups excluding carboxylic acids is 1. The summed E-state index contributed by atoms with van der Waals surface area (Å²) in [5.74, 6) is 0.262. The second kappa shape index (κ2) is 7.07. The lowest BCUT2D eigenvalue weighted by Gasteiger charge is -2.32. The van der Waals surface area contributed by atoms with Crippen molar-refractivity contribution in [3.8, 4) is 0 Å². The van der Waals surface area contributed by atoms with Crippen LogP contribution in [0.1, 0.15) is 40.2 Å². The van der Waals surface area contributed by atoms with Crippen molar-refractivity contribution in [2.45, 2.75) is 30.6 Å². The van der Waals surface area contributed by atoms with Gasteiger partial charge >= 0.3 is 0 Å². The number of sulfonamides is 1. The summed E-state index contributed by atoms with van der Waals surface area (Å²) in [6.45, 7) is 3.09. The number of hydrogen-bond acceptors (Lipinski definition) is 3. The molecule has 28 heavy (non-hydrogen) atoms. The number of rotatable bonds is 3. The van der Waals surface area contributed by atoms with E-state index in [0.717, 1.165) is 23.9 Å². The first-order chi connectivity index (χ1) is 13.3. The summed E-state index contributed by atoms with van der Waals surface area (Å²) >= 11 is 0. The Morgan fingerprint density at radius 3 is 2.57 bits per heavy atom. The maximum absolute atomic E-state index is 13.0. The lowest BCUT2D eigenvalue weighted by molar-refractivity contribution is 0.0712. The zero-order chi connectivity index (χ0) is 19.9. The summed E-state index contributed by atoms with van der Waals surface area (Å²) in [7, 11) is -3.84. The number of likely N-dealkylation sites (tertiary alicyclic amines) is 1. The Morgan fingerprint density at radius 1 is 1.14 bits per heavy atom. The minimum atomic E-state index is -3.84. The van der Waals surface area contributed by atoms with Crippen LogP contribution in [-0.4, -0.2) is 37.3 Å². The Balaban J connectivity index is 1.52. The summed E-state index contributed by atoms with van der Waals surface area (Å²) < 4.78 is 23.3. The van der Waals surface area contributed by atoms with Crippen LogP contribution in [0.2, 0.25) is 0 Å². The van der Waals surface area contributed by atoms with Crippen molar-refractivity contribution in [3.63, 3.8) is 0 Å². The van der Waals surface area contributed by atoms with E-state index in [0.29, 0.717) is 24.6 Å². The van der Waals surface area contributed by atoms with Crippen LogP contribution in [0.15, 0.2) is 53.6 Å². The van der Waals surface area contributed by atoms with Crippen molar-refractivity contribution in [1.29, 1.82) is 0 Å². The second-order valence-electron chi connectivity index (χ2n) is 7.38. The van der Waals surface area contributed by atoms with Gasteiger partial charge in [0.1, 0.15) is 0 Å². The van der Waals surface area contributed by atoms with Crippen LogP contribution in [0.4, 0.5) is 0 Å². The van der Waals surface area contributed by atoms with Gasteiger partial charge in [-0.2, -0.15) is 0 Å². The van der Waals surface area contributed by atoms with Gasteiger partial charge in [-0.15, -0.1) is 0 Å². The minimum absolute atomic E-state index is 0.0323. The molecule has 1 fully saturated rings. The number of hydrogen-bond donors (Lipinski definition) is 2. The number of para-hydroxylation sites is 1. The number of piperidine rings is 1. The van der Waals surface area contributed by atoms with E-state index in [1.54, 1.807) is 17.9 Å². The molecule has 0 atom stereocenters. The molecule has 0 spiro atoms. The SMILES string of the molecule is Cc1ccc(S(N)(=O)=O)cc1C(=O)N1CCC(c2c[nH]c3ccccc23)CC1. The molecule has 2 heterocycles. The average Bonchev–Trinajstić information content (AvgIpc) is 3.11. The van der Waals surface area contributed by atoms with Crippen LogP contribution < -0.4 is 5.14 Å². The highest BCUT2D eigenvalue weighted by atomic mass is 32.2. The molecule has 146 valence electrons. The predicted octanol–water partition coefficient (Wildman–Crippen LogP) is 3.14. The molecule has 1 saturated heterocycles. The van der Waals surface area contributed by atoms with Crippen molar-refractivity contribution in [3.05, 3.63) is 65.4 Å². The molecule has 1 amide bonds. The largest absolute Gasteiger partial charge is 0.361 e. The number of primary sulfonamides is 1. The van der Waals surface area contributed by atoms with Gasteiger partial charge in [0, 0.05) is 35.8 Å². The molecule has 0 bridgehead atoms. The van der Waals surface area contributed by atoms with E-state index >= 15 is 0 Å². The minimum Gasteiger partial charge on any atom is -0.361 e. The van der Waals surface area contributed by atoms with Crippen LogP contribution >= 0.6 is 0 Å². The van der Waals surface area contributed by atoms with Crippen molar-refractivity contribution in [2.75, 3.05) is 13.1 Å². The van der Waals surface area contributed by atoms with E-state index in [2.05, 4.69) is 23.3 Å². The van der Waals surface area contributed by atoms with Gasteiger partial charge in [0.05, 0.1) is 4.90 Å². The number of nitrogens with one attached hydrogen (secondary N) is 1. The summed E-state index contributed by atoms with van der Waals surface area (Å²) in [5.41, 5.74) is 3.58. The van der Waals surface area contributed by atoms with Gasteiger partial charge in [-0.25, -0.2) is 13.6 Å². The summed E-state index contributed by atoms with van der Waals surface area (Å²) in [5, 5.41) is 6.46. The van der Waals surface area contributed by atoms with Gasteiger partial charge in [0.15, 0.2) is 0 Å². The third kappa shape index (κ3) is 3.43. The molecule has 3 aromatic rings. The number of carbonyl (C=O) groups is 1. The lowest BCUT2D eigenvalue weighted by Crippen LogP contribution is -2.38. The second-order valence-corrected chi connectivity index (χ2v) is 8.94. The topological polar surface area (TPSA) is 96.3 Å². The number of H-pyrrole nitrogens is 1. The highest BCUT2D eigenvalue weighted by Crippen LogP contribution is 2.33. The first-order valence-electron chi connectivity index (χ1n) is 9.33. The Morgan fingerprint density at radius 2 is 1.86 bits per heavy atom. The molecule has 3 N–H and O–H groups in total. The highest BCUT2D eigenvalue weighted by Gasteiger charge is 2.27. The van der Waals surface area contributed by atoms with Gasteiger partial charge in [-0.1, -0.05) is 24.3 Å². The normalized spacial score (nSPS) is 15.9. The zero-order valence-corrected chi connectivity index (χ0v) is 16.5. The maximum Gasteiger partial charge on any atom is 0.254 e. The molecule has 6 nitrogen and oxygen atoms in total. The molecule has 7 heteroatoms. The fourth-order valence-corrected chi connectivity index (χ4v) is 4.54. The van der Waals surface area contributed by atoms with Crippen LogP contribution in [0, 0.1) is 6.92 Å². The van der Waals surface area contributed by atoms with E-state index in [9.17, 15) is 13.2 Å². The van der Waals surface area contributed by atoms with E-state index < -0.39 is 10.0 Å². The first kappa shape index (κ1) is 18.7. The number of aryl methyl sites for hydroxylation is 1. The fourth-order valence-electron chi connectivity index (χ4n) is 4.00. The fraction of sp³-hybridized carbons (Fsp3) is 0.286. The molecular weight excluding hydrogens is 374 g/mol. The average molecular weight is 398 g/mol. The van der Waals surface area contributed by atoms with Gasteiger partial charge in [-0.05, 0) is 55.0 Å². The summed E-state index contributed by atoms with van der Waals surface area (Å²) in [6, 6.07) is 12.7. The molecule has 1 aliphatic heterocycles. The van der Waals surface area contributed by atoms with E-state index in [-0.39, 0.29) is 10.8 Å². The molecule has 0 unspecified atom stereocenters. The number of aromatic nitrogens is 1. The number of nitrogens with zero attached hydrogens (tertiary/aromatic N) is 1. The monoisotopic (exact) mass is 397 g/mol. The number of fused-ring (bicyclic) bond motifs is 1. The maximum atomic E-state index is 13.0. The molecule has 2 aromatic carbocycles. The summed E-state index contributed by atoms with van der Waals surface area (Å²) in [4.78, 5) is 18.1. The molecule has 4 rings (SSSR count). The van der Waals surface area contributed by atoms with Crippen LogP contribution in [0.25, 0.3) is 10.9 Å². The van der Waals surface area contributed by atoms with Gasteiger partial charge in [0.2, 0.25) is 10.0 Å². The number of nitrogens with two attached hydrogens (primary N) is 1. The lowest BCUT2D eigenvalue weighted by atomic mass is 9.89. The van der Waals surface area contributed by atoms with Gasteiger partial charge in [-0.3, -0.25) is 4.79 Å². The molecule has 0 radical (unpaired) electrons. The summed E-state index contributed by atoms with van der Waals surface area (Å²) in [6.07, 6.45) is 3.83. The Kier molecular flexibility index (Phi) is 4.72. The molecule has 1 aliphatic rings. The number of amides is 1. The third-order valence-corrected chi connectivity index (χ3v) is 6.52. The smallest absolute Gasteiger partial charge is 0.254 e. The highest BCUT2D eigenvalue weighted by molar-refractivity contribution is 7.89. The van der Waals surface area contributed by atoms with Gasteiger partial charge < -0.3 is 9.88 Å². The Bertz CT molecular complexity index is 1140. The molecular formula is C21H23N3O3S. The van der Waals surface area contributed by atoms with Crippen molar-refractivity contribution >= 4 is 26.8 Å². The van der Waals surface area contributed by atoms with Crippen molar-refractivity contribution in [1.82, 2.24) is 9.88 Å². The van der Waals surface area contributed by atoms with E-state index in [1.165, 1.54) is 23.1 Å². The number of aromatic amines is 1. The predicted molar refractivity (Wildman–Crippen MR) is 109 cm³/mol. The van der Waals surface area contributed by atoms with E-state index in [4.69, 9.17) is 5.14 Å². The first-order valence-corrected chi connectivity index (χ1v) is 10.9. The quantitative estimate of drug-likeness (QED) is 0.710. The molecule has 0 aliphatic carbocycles. The van der Waals surface area contributed by atoms with E-state index in [1.807, 2.05) is 12.1 Å². The van der Waals surface area contributed by atoms with Crippen LogP contribution in [0.5, 0.6) is 0 Å². The van der Waals surface area contributed by atoms with Crippen LogP contribution in [-0.2, 0) is 10.0 Å². The van der Waals surface area contributed by atoms with Crippen molar-refractivity contribution < 1.29 is 13.2 Å². The standard InChI is InChI=1S/C21H23N3O3S/c1-14-6-7-16(28(22,26)27)12-18(14)21(25)24-10-8-15(9-11-24)19-13-23-20-5-3-2-4-17(19)20/h2-7,12-13,15,23H,8-11H2,1H3,(H2,22,26,27). The Labute approximate surface area is 164 Å². The Hall–Kier alpha value is -2.64. The van der Waals surface area contributed by atoms with Crippen LogP contribution in [0.3, 0.4) is 0 Å². The molecule has 0 saturated carbocycles.